The molecule has 0 spiro atoms. The summed E-state index contributed by atoms with van der Waals surface area (Å²) in [6, 6.07) is 0. The normalized spacial score (nSPS) is 12.4. The molecule has 0 amide bonds. The van der Waals surface area contributed by atoms with E-state index in [2.05, 4.69) is 16.9 Å². The molecule has 0 aliphatic heterocycles. The van der Waals surface area contributed by atoms with E-state index in [0.29, 0.717) is 6.42 Å². The Kier molecular flexibility index (Phi) is 4.96. The SMILES string of the molecule is CCCn1cncc1C(O)Cc1ncc(C)c(OC)c1C. The molecule has 5 heteroatoms. The zero-order valence-electron chi connectivity index (χ0n) is 13.1. The smallest absolute Gasteiger partial charge is 0.128 e. The van der Waals surface area contributed by atoms with E-state index in [0.717, 1.165) is 41.2 Å². The summed E-state index contributed by atoms with van der Waals surface area (Å²) >= 11 is 0. The Balaban J connectivity index is 2.23. The van der Waals surface area contributed by atoms with Crippen molar-refractivity contribution >= 4 is 0 Å². The maximum atomic E-state index is 10.5. The predicted molar refractivity (Wildman–Crippen MR) is 81.4 cm³/mol. The second-order valence-corrected chi connectivity index (χ2v) is 5.28. The highest BCUT2D eigenvalue weighted by molar-refractivity contribution is 5.41. The first-order valence-electron chi connectivity index (χ1n) is 7.25. The summed E-state index contributed by atoms with van der Waals surface area (Å²) in [5.41, 5.74) is 3.68. The quantitative estimate of drug-likeness (QED) is 0.888. The summed E-state index contributed by atoms with van der Waals surface area (Å²) in [6.07, 6.45) is 6.12. The fraction of sp³-hybridized carbons (Fsp3) is 0.500. The third-order valence-electron chi connectivity index (χ3n) is 3.69. The molecule has 0 saturated heterocycles. The Bertz CT molecular complexity index is 608. The van der Waals surface area contributed by atoms with E-state index >= 15 is 0 Å². The van der Waals surface area contributed by atoms with Crippen LogP contribution in [0.1, 0.15) is 42.0 Å². The van der Waals surface area contributed by atoms with Gasteiger partial charge in [0.05, 0.1) is 25.3 Å². The van der Waals surface area contributed by atoms with E-state index in [1.54, 1.807) is 25.8 Å². The molecule has 2 heterocycles. The van der Waals surface area contributed by atoms with Crippen LogP contribution in [0.5, 0.6) is 5.75 Å². The average Bonchev–Trinajstić information content (AvgIpc) is 2.91. The molecule has 21 heavy (non-hydrogen) atoms. The number of aryl methyl sites for hydroxylation is 2. The van der Waals surface area contributed by atoms with Crippen molar-refractivity contribution in [1.29, 1.82) is 0 Å². The Hall–Kier alpha value is -1.88. The summed E-state index contributed by atoms with van der Waals surface area (Å²) in [7, 11) is 1.66. The monoisotopic (exact) mass is 289 g/mol. The number of pyridine rings is 1. The van der Waals surface area contributed by atoms with Crippen molar-refractivity contribution in [2.45, 2.75) is 46.3 Å². The van der Waals surface area contributed by atoms with E-state index in [-0.39, 0.29) is 0 Å². The minimum atomic E-state index is -0.613. The first-order chi connectivity index (χ1) is 10.1. The summed E-state index contributed by atoms with van der Waals surface area (Å²) in [6.45, 7) is 6.91. The molecule has 0 radical (unpaired) electrons. The van der Waals surface area contributed by atoms with Gasteiger partial charge in [0.2, 0.25) is 0 Å². The van der Waals surface area contributed by atoms with Crippen LogP contribution in [0.2, 0.25) is 0 Å². The van der Waals surface area contributed by atoms with Gasteiger partial charge in [-0.1, -0.05) is 6.92 Å². The lowest BCUT2D eigenvalue weighted by Crippen LogP contribution is -2.11. The van der Waals surface area contributed by atoms with Crippen LogP contribution < -0.4 is 4.74 Å². The number of aliphatic hydroxyl groups excluding tert-OH is 1. The molecule has 1 unspecified atom stereocenters. The van der Waals surface area contributed by atoms with Gasteiger partial charge in [-0.2, -0.15) is 0 Å². The van der Waals surface area contributed by atoms with Crippen molar-refractivity contribution in [3.05, 3.63) is 41.2 Å². The van der Waals surface area contributed by atoms with E-state index in [1.807, 2.05) is 18.4 Å². The molecular formula is C16H23N3O2. The zero-order valence-corrected chi connectivity index (χ0v) is 13.1. The molecular weight excluding hydrogens is 266 g/mol. The predicted octanol–water partition coefficient (Wildman–Crippen LogP) is 2.59. The Labute approximate surface area is 125 Å². The van der Waals surface area contributed by atoms with E-state index < -0.39 is 6.10 Å². The van der Waals surface area contributed by atoms with Crippen molar-refractivity contribution in [2.75, 3.05) is 7.11 Å². The minimum absolute atomic E-state index is 0.456. The highest BCUT2D eigenvalue weighted by Crippen LogP contribution is 2.27. The van der Waals surface area contributed by atoms with E-state index in [4.69, 9.17) is 4.74 Å². The average molecular weight is 289 g/mol. The van der Waals surface area contributed by atoms with Crippen molar-refractivity contribution in [3.8, 4) is 5.75 Å². The minimum Gasteiger partial charge on any atom is -0.496 e. The number of methoxy groups -OCH3 is 1. The molecule has 0 aliphatic carbocycles. The van der Waals surface area contributed by atoms with Gasteiger partial charge >= 0.3 is 0 Å². The highest BCUT2D eigenvalue weighted by Gasteiger charge is 2.17. The molecule has 0 bridgehead atoms. The highest BCUT2D eigenvalue weighted by atomic mass is 16.5. The molecule has 0 aromatic carbocycles. The molecule has 2 aromatic rings. The molecule has 2 aromatic heterocycles. The van der Waals surface area contributed by atoms with Gasteiger partial charge in [0, 0.05) is 36.0 Å². The zero-order chi connectivity index (χ0) is 15.4. The first kappa shape index (κ1) is 15.5. The number of imidazole rings is 1. The van der Waals surface area contributed by atoms with Crippen molar-refractivity contribution in [2.24, 2.45) is 0 Å². The Morgan fingerprint density at radius 2 is 2.10 bits per heavy atom. The molecule has 114 valence electrons. The van der Waals surface area contributed by atoms with Gasteiger partial charge in [-0.25, -0.2) is 4.98 Å². The molecule has 0 aliphatic rings. The van der Waals surface area contributed by atoms with Crippen molar-refractivity contribution < 1.29 is 9.84 Å². The van der Waals surface area contributed by atoms with Crippen LogP contribution in [0.3, 0.4) is 0 Å². The summed E-state index contributed by atoms with van der Waals surface area (Å²) in [5, 5.41) is 10.5. The topological polar surface area (TPSA) is 60.2 Å². The van der Waals surface area contributed by atoms with Crippen LogP contribution in [-0.4, -0.2) is 26.8 Å². The first-order valence-corrected chi connectivity index (χ1v) is 7.25. The van der Waals surface area contributed by atoms with Gasteiger partial charge in [-0.15, -0.1) is 0 Å². The van der Waals surface area contributed by atoms with Crippen LogP contribution in [0.4, 0.5) is 0 Å². The number of rotatable bonds is 6. The number of aromatic nitrogens is 3. The third kappa shape index (κ3) is 3.24. The van der Waals surface area contributed by atoms with E-state index in [9.17, 15) is 5.11 Å². The van der Waals surface area contributed by atoms with Gasteiger partial charge in [-0.3, -0.25) is 4.98 Å². The number of hydrogen-bond donors (Lipinski definition) is 1. The number of nitrogens with zero attached hydrogens (tertiary/aromatic N) is 3. The molecule has 1 N–H and O–H groups in total. The third-order valence-corrected chi connectivity index (χ3v) is 3.69. The summed E-state index contributed by atoms with van der Waals surface area (Å²) < 4.78 is 7.40. The largest absolute Gasteiger partial charge is 0.496 e. The lowest BCUT2D eigenvalue weighted by atomic mass is 10.0. The van der Waals surface area contributed by atoms with Gasteiger partial charge in [-0.05, 0) is 20.3 Å². The standard InChI is InChI=1S/C16H23N3O2/c1-5-6-19-10-17-9-14(19)15(20)7-13-12(3)16(21-4)11(2)8-18-13/h8-10,15,20H,5-7H2,1-4H3. The van der Waals surface area contributed by atoms with Gasteiger partial charge in [0.1, 0.15) is 11.9 Å². The van der Waals surface area contributed by atoms with E-state index in [1.165, 1.54) is 0 Å². The van der Waals surface area contributed by atoms with Crippen LogP contribution in [0, 0.1) is 13.8 Å². The van der Waals surface area contributed by atoms with Crippen LogP contribution in [-0.2, 0) is 13.0 Å². The second-order valence-electron chi connectivity index (χ2n) is 5.28. The lowest BCUT2D eigenvalue weighted by Gasteiger charge is -2.16. The molecule has 0 fully saturated rings. The van der Waals surface area contributed by atoms with Crippen LogP contribution in [0.25, 0.3) is 0 Å². The van der Waals surface area contributed by atoms with Crippen molar-refractivity contribution in [1.82, 2.24) is 14.5 Å². The van der Waals surface area contributed by atoms with Gasteiger partial charge in [0.15, 0.2) is 0 Å². The molecule has 2 rings (SSSR count). The maximum absolute atomic E-state index is 10.5. The summed E-state index contributed by atoms with van der Waals surface area (Å²) in [4.78, 5) is 8.57. The van der Waals surface area contributed by atoms with Gasteiger partial charge < -0.3 is 14.4 Å². The molecule has 1 atom stereocenters. The Morgan fingerprint density at radius 3 is 2.76 bits per heavy atom. The maximum Gasteiger partial charge on any atom is 0.128 e. The fourth-order valence-corrected chi connectivity index (χ4v) is 2.60. The summed E-state index contributed by atoms with van der Waals surface area (Å²) in [5.74, 6) is 0.842. The Morgan fingerprint density at radius 1 is 1.33 bits per heavy atom. The van der Waals surface area contributed by atoms with Crippen LogP contribution in [0.15, 0.2) is 18.7 Å². The fourth-order valence-electron chi connectivity index (χ4n) is 2.60. The molecule has 5 nitrogen and oxygen atoms in total. The number of ether oxygens (including phenoxy) is 1. The number of hydrogen-bond acceptors (Lipinski definition) is 4. The second kappa shape index (κ2) is 6.72. The van der Waals surface area contributed by atoms with Crippen molar-refractivity contribution in [3.63, 3.8) is 0 Å². The number of aliphatic hydroxyl groups is 1. The van der Waals surface area contributed by atoms with Gasteiger partial charge in [0.25, 0.3) is 0 Å². The van der Waals surface area contributed by atoms with Crippen LogP contribution >= 0.6 is 0 Å². The molecule has 0 saturated carbocycles. The lowest BCUT2D eigenvalue weighted by molar-refractivity contribution is 0.167.